The highest BCUT2D eigenvalue weighted by Gasteiger charge is 2.05. The van der Waals surface area contributed by atoms with Crippen molar-refractivity contribution in [2.75, 3.05) is 0 Å². The van der Waals surface area contributed by atoms with Crippen molar-refractivity contribution in [3.63, 3.8) is 0 Å². The van der Waals surface area contributed by atoms with Gasteiger partial charge in [0, 0.05) is 6.42 Å². The topological polar surface area (TPSA) is 17.1 Å². The van der Waals surface area contributed by atoms with Crippen LogP contribution in [0.1, 0.15) is 59.8 Å². The molecule has 0 aromatic rings. The average Bonchev–Trinajstić information content (AvgIpc) is 2.08. The van der Waals surface area contributed by atoms with Crippen LogP contribution in [0, 0.1) is 5.41 Å². The Hall–Kier alpha value is -0.590. The minimum atomic E-state index is 0.124. The Balaban J connectivity index is 3.61. The van der Waals surface area contributed by atoms with Crippen molar-refractivity contribution in [3.8, 4) is 0 Å². The summed E-state index contributed by atoms with van der Waals surface area (Å²) in [6.07, 6.45) is 9.16. The van der Waals surface area contributed by atoms with Gasteiger partial charge in [0.05, 0.1) is 0 Å². The first-order chi connectivity index (χ1) is 6.45. The van der Waals surface area contributed by atoms with Gasteiger partial charge < -0.3 is 0 Å². The summed E-state index contributed by atoms with van der Waals surface area (Å²) in [5.41, 5.74) is 0.124. The van der Waals surface area contributed by atoms with Gasteiger partial charge >= 0.3 is 0 Å². The highest BCUT2D eigenvalue weighted by molar-refractivity contribution is 5.89. The van der Waals surface area contributed by atoms with Gasteiger partial charge in [-0.05, 0) is 17.9 Å². The molecule has 0 saturated heterocycles. The minimum Gasteiger partial charge on any atom is -0.295 e. The van der Waals surface area contributed by atoms with E-state index < -0.39 is 0 Å². The Bertz CT molecular complexity index is 184. The number of carbonyl (C=O) groups excluding carboxylic acids is 1. The van der Waals surface area contributed by atoms with Gasteiger partial charge in [0.2, 0.25) is 0 Å². The maximum absolute atomic E-state index is 11.4. The molecule has 82 valence electrons. The van der Waals surface area contributed by atoms with Gasteiger partial charge in [0.1, 0.15) is 0 Å². The molecule has 0 atom stereocenters. The molecule has 0 saturated carbocycles. The summed E-state index contributed by atoms with van der Waals surface area (Å²) in [5.74, 6) is 0.274. The Labute approximate surface area is 88.6 Å². The zero-order valence-electron chi connectivity index (χ0n) is 10.1. The number of allylic oxidation sites excluding steroid dienone is 2. The lowest BCUT2D eigenvalue weighted by Gasteiger charge is -2.10. The lowest BCUT2D eigenvalue weighted by atomic mass is 9.95. The largest absolute Gasteiger partial charge is 0.295 e. The molecule has 0 fully saturated rings. The van der Waals surface area contributed by atoms with Crippen LogP contribution in [-0.2, 0) is 4.79 Å². The van der Waals surface area contributed by atoms with Crippen LogP contribution < -0.4 is 0 Å². The highest BCUT2D eigenvalue weighted by Crippen LogP contribution is 2.14. The molecule has 0 bridgehead atoms. The molecule has 0 heterocycles. The molecular formula is C13H24O. The third-order valence-corrected chi connectivity index (χ3v) is 2.05. The first-order valence-electron chi connectivity index (χ1n) is 5.68. The molecule has 0 radical (unpaired) electrons. The van der Waals surface area contributed by atoms with E-state index in [0.717, 1.165) is 6.42 Å². The second-order valence-electron chi connectivity index (χ2n) is 4.98. The summed E-state index contributed by atoms with van der Waals surface area (Å²) in [6, 6.07) is 0. The summed E-state index contributed by atoms with van der Waals surface area (Å²) < 4.78 is 0. The fraction of sp³-hybridized carbons (Fsp3) is 0.769. The zero-order valence-corrected chi connectivity index (χ0v) is 10.1. The lowest BCUT2D eigenvalue weighted by molar-refractivity contribution is -0.114. The van der Waals surface area contributed by atoms with Crippen LogP contribution in [0.5, 0.6) is 0 Å². The molecule has 0 unspecified atom stereocenters. The van der Waals surface area contributed by atoms with Crippen molar-refractivity contribution in [2.45, 2.75) is 59.8 Å². The number of hydrogen-bond acceptors (Lipinski definition) is 1. The Kier molecular flexibility index (Phi) is 6.52. The van der Waals surface area contributed by atoms with Crippen molar-refractivity contribution >= 4 is 5.78 Å². The summed E-state index contributed by atoms with van der Waals surface area (Å²) >= 11 is 0. The van der Waals surface area contributed by atoms with Gasteiger partial charge in [-0.2, -0.15) is 0 Å². The molecule has 0 N–H and O–H groups in total. The highest BCUT2D eigenvalue weighted by atomic mass is 16.1. The predicted molar refractivity (Wildman–Crippen MR) is 62.4 cm³/mol. The van der Waals surface area contributed by atoms with E-state index in [1.54, 1.807) is 6.08 Å². The maximum Gasteiger partial charge on any atom is 0.155 e. The van der Waals surface area contributed by atoms with Gasteiger partial charge in [-0.3, -0.25) is 4.79 Å². The molecule has 0 aromatic carbocycles. The van der Waals surface area contributed by atoms with Crippen molar-refractivity contribution in [1.29, 1.82) is 0 Å². The standard InChI is InChI=1S/C13H24O/c1-5-6-7-8-9-12(14)10-11-13(2,3)4/h10-11H,5-9H2,1-4H3. The second kappa shape index (κ2) is 6.80. The second-order valence-corrected chi connectivity index (χ2v) is 4.98. The first-order valence-corrected chi connectivity index (χ1v) is 5.68. The molecule has 0 amide bonds. The average molecular weight is 196 g/mol. The molecule has 14 heavy (non-hydrogen) atoms. The van der Waals surface area contributed by atoms with E-state index in [4.69, 9.17) is 0 Å². The fourth-order valence-corrected chi connectivity index (χ4v) is 1.15. The Morgan fingerprint density at radius 3 is 2.29 bits per heavy atom. The van der Waals surface area contributed by atoms with E-state index >= 15 is 0 Å². The van der Waals surface area contributed by atoms with Gasteiger partial charge in [-0.15, -0.1) is 0 Å². The number of hydrogen-bond donors (Lipinski definition) is 0. The molecule has 0 spiro atoms. The van der Waals surface area contributed by atoms with Crippen LogP contribution in [0.2, 0.25) is 0 Å². The van der Waals surface area contributed by atoms with E-state index in [1.807, 2.05) is 6.08 Å². The molecule has 0 aliphatic heterocycles. The molecule has 1 nitrogen and oxygen atoms in total. The number of ketones is 1. The van der Waals surface area contributed by atoms with Gasteiger partial charge in [0.25, 0.3) is 0 Å². The van der Waals surface area contributed by atoms with Crippen molar-refractivity contribution in [1.82, 2.24) is 0 Å². The van der Waals surface area contributed by atoms with Crippen molar-refractivity contribution < 1.29 is 4.79 Å². The SMILES string of the molecule is CCCCCCC(=O)C=CC(C)(C)C. The summed E-state index contributed by atoms with van der Waals surface area (Å²) in [5, 5.41) is 0. The van der Waals surface area contributed by atoms with Crippen LogP contribution in [0.3, 0.4) is 0 Å². The van der Waals surface area contributed by atoms with Crippen LogP contribution >= 0.6 is 0 Å². The predicted octanol–water partition coefficient (Wildman–Crippen LogP) is 4.13. The summed E-state index contributed by atoms with van der Waals surface area (Å²) in [4.78, 5) is 11.4. The molecule has 0 aliphatic carbocycles. The third kappa shape index (κ3) is 9.50. The van der Waals surface area contributed by atoms with E-state index in [2.05, 4.69) is 27.7 Å². The molecule has 0 aliphatic rings. The van der Waals surface area contributed by atoms with E-state index in [-0.39, 0.29) is 11.2 Å². The third-order valence-electron chi connectivity index (χ3n) is 2.05. The lowest BCUT2D eigenvalue weighted by Crippen LogP contribution is -2.01. The quantitative estimate of drug-likeness (QED) is 0.461. The zero-order chi connectivity index (χ0) is 11.0. The van der Waals surface area contributed by atoms with Gasteiger partial charge in [-0.1, -0.05) is 53.0 Å². The van der Waals surface area contributed by atoms with E-state index in [9.17, 15) is 4.79 Å². The van der Waals surface area contributed by atoms with E-state index in [0.29, 0.717) is 6.42 Å². The summed E-state index contributed by atoms with van der Waals surface area (Å²) in [7, 11) is 0. The molecule has 0 rings (SSSR count). The fourth-order valence-electron chi connectivity index (χ4n) is 1.15. The van der Waals surface area contributed by atoms with E-state index in [1.165, 1.54) is 19.3 Å². The van der Waals surface area contributed by atoms with Crippen molar-refractivity contribution in [2.24, 2.45) is 5.41 Å². The normalized spacial score (nSPS) is 12.3. The van der Waals surface area contributed by atoms with Crippen LogP contribution in [0.4, 0.5) is 0 Å². The smallest absolute Gasteiger partial charge is 0.155 e. The molecule has 0 aromatic heterocycles. The number of carbonyl (C=O) groups is 1. The first kappa shape index (κ1) is 13.4. The monoisotopic (exact) mass is 196 g/mol. The van der Waals surface area contributed by atoms with Crippen LogP contribution in [-0.4, -0.2) is 5.78 Å². The number of rotatable bonds is 6. The van der Waals surface area contributed by atoms with Crippen LogP contribution in [0.15, 0.2) is 12.2 Å². The van der Waals surface area contributed by atoms with Gasteiger partial charge in [0.15, 0.2) is 5.78 Å². The number of unbranched alkanes of at least 4 members (excludes halogenated alkanes) is 3. The van der Waals surface area contributed by atoms with Gasteiger partial charge in [-0.25, -0.2) is 0 Å². The minimum absolute atomic E-state index is 0.124. The maximum atomic E-state index is 11.4. The summed E-state index contributed by atoms with van der Waals surface area (Å²) in [6.45, 7) is 8.50. The molecular weight excluding hydrogens is 172 g/mol. The Morgan fingerprint density at radius 1 is 1.14 bits per heavy atom. The van der Waals surface area contributed by atoms with Crippen molar-refractivity contribution in [3.05, 3.63) is 12.2 Å². The Morgan fingerprint density at radius 2 is 1.79 bits per heavy atom. The molecule has 1 heteroatoms. The van der Waals surface area contributed by atoms with Crippen LogP contribution in [0.25, 0.3) is 0 Å².